The van der Waals surface area contributed by atoms with Crippen LogP contribution in [0.3, 0.4) is 0 Å². The molecule has 1 N–H and O–H groups in total. The van der Waals surface area contributed by atoms with Crippen molar-refractivity contribution in [3.63, 3.8) is 0 Å². The summed E-state index contributed by atoms with van der Waals surface area (Å²) < 4.78 is 0.855. The summed E-state index contributed by atoms with van der Waals surface area (Å²) in [5.74, 6) is -0.928. The second kappa shape index (κ2) is 5.45. The molecule has 0 aromatic heterocycles. The second-order valence-corrected chi connectivity index (χ2v) is 5.23. The van der Waals surface area contributed by atoms with E-state index < -0.39 is 5.97 Å². The van der Waals surface area contributed by atoms with Gasteiger partial charge < -0.3 is 10.0 Å². The molecule has 2 rings (SSSR count). The number of aromatic carboxylic acids is 1. The third-order valence-electron chi connectivity index (χ3n) is 3.03. The highest BCUT2D eigenvalue weighted by Crippen LogP contribution is 2.31. The molecule has 98 valence electrons. The lowest BCUT2D eigenvalue weighted by Gasteiger charge is -2.23. The van der Waals surface area contributed by atoms with E-state index in [1.54, 1.807) is 12.1 Å². The van der Waals surface area contributed by atoms with Crippen molar-refractivity contribution >= 4 is 33.3 Å². The van der Waals surface area contributed by atoms with Crippen LogP contribution < -0.4 is 4.90 Å². The van der Waals surface area contributed by atoms with Gasteiger partial charge in [-0.15, -0.1) is 0 Å². The highest BCUT2D eigenvalue weighted by Gasteiger charge is 2.15. The molecule has 0 amide bonds. The van der Waals surface area contributed by atoms with E-state index >= 15 is 0 Å². The van der Waals surface area contributed by atoms with Gasteiger partial charge in [-0.1, -0.05) is 34.1 Å². The molecule has 0 aliphatic carbocycles. The van der Waals surface area contributed by atoms with Gasteiger partial charge in [-0.3, -0.25) is 0 Å². The molecule has 3 nitrogen and oxygen atoms in total. The van der Waals surface area contributed by atoms with Gasteiger partial charge in [0.2, 0.25) is 0 Å². The molecule has 0 aliphatic rings. The van der Waals surface area contributed by atoms with E-state index in [1.165, 1.54) is 0 Å². The Kier molecular flexibility index (Phi) is 3.90. The first-order valence-electron chi connectivity index (χ1n) is 5.83. The summed E-state index contributed by atoms with van der Waals surface area (Å²) in [6.45, 7) is 2.00. The van der Waals surface area contributed by atoms with Crippen LogP contribution in [0, 0.1) is 6.92 Å². The summed E-state index contributed by atoms with van der Waals surface area (Å²) in [6, 6.07) is 13.0. The molecule has 0 radical (unpaired) electrons. The number of anilines is 2. The number of rotatable bonds is 3. The predicted molar refractivity (Wildman–Crippen MR) is 80.3 cm³/mol. The van der Waals surface area contributed by atoms with Gasteiger partial charge in [0, 0.05) is 17.2 Å². The van der Waals surface area contributed by atoms with Crippen molar-refractivity contribution in [3.05, 3.63) is 58.1 Å². The molecule has 0 saturated carbocycles. The van der Waals surface area contributed by atoms with Gasteiger partial charge in [0.1, 0.15) is 0 Å². The molecule has 0 atom stereocenters. The SMILES string of the molecule is Cc1ccccc1N(C)c1cc(Br)ccc1C(=O)O. The zero-order valence-electron chi connectivity index (χ0n) is 10.7. The molecule has 4 heteroatoms. The van der Waals surface area contributed by atoms with Gasteiger partial charge in [-0.2, -0.15) is 0 Å². The molecular weight excluding hydrogens is 306 g/mol. The number of carboxylic acid groups (broad SMARTS) is 1. The first-order valence-corrected chi connectivity index (χ1v) is 6.62. The minimum Gasteiger partial charge on any atom is -0.478 e. The molecule has 0 fully saturated rings. The fourth-order valence-electron chi connectivity index (χ4n) is 2.03. The smallest absolute Gasteiger partial charge is 0.337 e. The van der Waals surface area contributed by atoms with Crippen LogP contribution in [0.25, 0.3) is 0 Å². The largest absolute Gasteiger partial charge is 0.478 e. The number of hydrogen-bond acceptors (Lipinski definition) is 2. The van der Waals surface area contributed by atoms with E-state index in [1.807, 2.05) is 49.2 Å². The monoisotopic (exact) mass is 319 g/mol. The Morgan fingerprint density at radius 1 is 1.16 bits per heavy atom. The lowest BCUT2D eigenvalue weighted by molar-refractivity contribution is 0.0697. The van der Waals surface area contributed by atoms with Crippen molar-refractivity contribution in [1.82, 2.24) is 0 Å². The van der Waals surface area contributed by atoms with E-state index in [0.717, 1.165) is 15.7 Å². The topological polar surface area (TPSA) is 40.5 Å². The number of carboxylic acids is 1. The van der Waals surface area contributed by atoms with Crippen LogP contribution in [0.2, 0.25) is 0 Å². The zero-order chi connectivity index (χ0) is 14.0. The molecule has 0 heterocycles. The maximum Gasteiger partial charge on any atom is 0.337 e. The summed E-state index contributed by atoms with van der Waals surface area (Å²) >= 11 is 3.39. The Morgan fingerprint density at radius 3 is 2.47 bits per heavy atom. The molecule has 0 bridgehead atoms. The number of para-hydroxylation sites is 1. The van der Waals surface area contributed by atoms with Crippen LogP contribution in [0.15, 0.2) is 46.9 Å². The molecule has 0 aliphatic heterocycles. The summed E-state index contributed by atoms with van der Waals surface area (Å²) in [4.78, 5) is 13.2. The van der Waals surface area contributed by atoms with Crippen LogP contribution in [0.5, 0.6) is 0 Å². The zero-order valence-corrected chi connectivity index (χ0v) is 12.3. The van der Waals surface area contributed by atoms with Gasteiger partial charge in [-0.25, -0.2) is 4.79 Å². The number of carbonyl (C=O) groups is 1. The van der Waals surface area contributed by atoms with Crippen molar-refractivity contribution in [3.8, 4) is 0 Å². The van der Waals surface area contributed by atoms with Crippen molar-refractivity contribution < 1.29 is 9.90 Å². The van der Waals surface area contributed by atoms with Crippen molar-refractivity contribution in [2.45, 2.75) is 6.92 Å². The highest BCUT2D eigenvalue weighted by molar-refractivity contribution is 9.10. The van der Waals surface area contributed by atoms with Crippen LogP contribution in [0.4, 0.5) is 11.4 Å². The quantitative estimate of drug-likeness (QED) is 0.920. The number of benzene rings is 2. The Balaban J connectivity index is 2.55. The number of aryl methyl sites for hydroxylation is 1. The van der Waals surface area contributed by atoms with Gasteiger partial charge in [0.25, 0.3) is 0 Å². The summed E-state index contributed by atoms with van der Waals surface area (Å²) in [7, 11) is 1.87. The van der Waals surface area contributed by atoms with Gasteiger partial charge >= 0.3 is 5.97 Å². The molecule has 0 unspecified atom stereocenters. The first kappa shape index (κ1) is 13.6. The molecule has 19 heavy (non-hydrogen) atoms. The minimum absolute atomic E-state index is 0.286. The van der Waals surface area contributed by atoms with Crippen LogP contribution >= 0.6 is 15.9 Å². The summed E-state index contributed by atoms with van der Waals surface area (Å²) in [5, 5.41) is 9.28. The second-order valence-electron chi connectivity index (χ2n) is 4.31. The molecular formula is C15H14BrNO2. The molecule has 0 saturated heterocycles. The fraction of sp³-hybridized carbons (Fsp3) is 0.133. The highest BCUT2D eigenvalue weighted by atomic mass is 79.9. The molecule has 2 aromatic carbocycles. The number of nitrogens with zero attached hydrogens (tertiary/aromatic N) is 1. The lowest BCUT2D eigenvalue weighted by Crippen LogP contribution is -2.15. The Bertz CT molecular complexity index is 625. The number of halogens is 1. The molecule has 2 aromatic rings. The Hall–Kier alpha value is -1.81. The van der Waals surface area contributed by atoms with E-state index in [9.17, 15) is 9.90 Å². The first-order chi connectivity index (χ1) is 9.00. The van der Waals surface area contributed by atoms with Crippen LogP contribution in [-0.4, -0.2) is 18.1 Å². The Morgan fingerprint density at radius 2 is 1.84 bits per heavy atom. The fourth-order valence-corrected chi connectivity index (χ4v) is 2.38. The third-order valence-corrected chi connectivity index (χ3v) is 3.52. The Labute approximate surface area is 120 Å². The summed E-state index contributed by atoms with van der Waals surface area (Å²) in [6.07, 6.45) is 0. The minimum atomic E-state index is -0.928. The predicted octanol–water partition coefficient (Wildman–Crippen LogP) is 4.22. The van der Waals surface area contributed by atoms with E-state index in [4.69, 9.17) is 0 Å². The maximum atomic E-state index is 11.3. The van der Waals surface area contributed by atoms with E-state index in [-0.39, 0.29) is 5.56 Å². The normalized spacial score (nSPS) is 10.3. The van der Waals surface area contributed by atoms with Gasteiger partial charge in [0.15, 0.2) is 0 Å². The van der Waals surface area contributed by atoms with Crippen molar-refractivity contribution in [2.75, 3.05) is 11.9 Å². The molecule has 0 spiro atoms. The lowest BCUT2D eigenvalue weighted by atomic mass is 10.1. The standard InChI is InChI=1S/C15H14BrNO2/c1-10-5-3-4-6-13(10)17(2)14-9-11(16)7-8-12(14)15(18)19/h3-9H,1-2H3,(H,18,19). The van der Waals surface area contributed by atoms with Crippen molar-refractivity contribution in [2.24, 2.45) is 0 Å². The van der Waals surface area contributed by atoms with Crippen LogP contribution in [-0.2, 0) is 0 Å². The van der Waals surface area contributed by atoms with E-state index in [2.05, 4.69) is 15.9 Å². The average Bonchev–Trinajstić information content (AvgIpc) is 2.38. The van der Waals surface area contributed by atoms with Gasteiger partial charge in [0.05, 0.1) is 11.3 Å². The third kappa shape index (κ3) is 2.79. The maximum absolute atomic E-state index is 11.3. The van der Waals surface area contributed by atoms with Crippen molar-refractivity contribution in [1.29, 1.82) is 0 Å². The number of hydrogen-bond donors (Lipinski definition) is 1. The van der Waals surface area contributed by atoms with Gasteiger partial charge in [-0.05, 0) is 36.8 Å². The van der Waals surface area contributed by atoms with E-state index in [0.29, 0.717) is 5.69 Å². The van der Waals surface area contributed by atoms with Crippen LogP contribution in [0.1, 0.15) is 15.9 Å². The summed E-state index contributed by atoms with van der Waals surface area (Å²) in [5.41, 5.74) is 3.04. The average molecular weight is 320 g/mol.